The van der Waals surface area contributed by atoms with Crippen molar-refractivity contribution in [3.05, 3.63) is 86.3 Å². The van der Waals surface area contributed by atoms with Crippen LogP contribution in [0.5, 0.6) is 0 Å². The number of halogens is 2. The second kappa shape index (κ2) is 11.4. The molecule has 3 aromatic rings. The molecule has 0 saturated heterocycles. The van der Waals surface area contributed by atoms with Gasteiger partial charge < -0.3 is 15.1 Å². The van der Waals surface area contributed by atoms with Gasteiger partial charge in [0.2, 0.25) is 5.91 Å². The smallest absolute Gasteiger partial charge is 0.322 e. The van der Waals surface area contributed by atoms with Crippen LogP contribution in [0.3, 0.4) is 0 Å². The summed E-state index contributed by atoms with van der Waals surface area (Å²) in [5.41, 5.74) is 2.58. The van der Waals surface area contributed by atoms with Gasteiger partial charge in [-0.2, -0.15) is 0 Å². The summed E-state index contributed by atoms with van der Waals surface area (Å²) in [7, 11) is 0. The number of nitrogens with one attached hydrogen (secondary N) is 1. The molecule has 1 aromatic heterocycles. The Morgan fingerprint density at radius 1 is 1.06 bits per heavy atom. The van der Waals surface area contributed by atoms with E-state index in [9.17, 15) is 14.0 Å². The molecule has 0 aliphatic rings. The SMILES string of the molecule is Cc1ccsc1CN(Cc1ccc(F)cc1)C(=O)CN(C(=O)Nc1ccccc1Br)C(C)C. The van der Waals surface area contributed by atoms with Crippen LogP contribution in [0, 0.1) is 12.7 Å². The molecule has 0 aliphatic carbocycles. The Bertz CT molecular complexity index is 1100. The first-order valence-corrected chi connectivity index (χ1v) is 12.3. The molecule has 0 bridgehead atoms. The lowest BCUT2D eigenvalue weighted by molar-refractivity contribution is -0.133. The fraction of sp³-hybridized carbons (Fsp3) is 0.280. The van der Waals surface area contributed by atoms with E-state index in [0.717, 1.165) is 20.5 Å². The van der Waals surface area contributed by atoms with Gasteiger partial charge in [-0.05, 0) is 83.5 Å². The van der Waals surface area contributed by atoms with Gasteiger partial charge in [0, 0.05) is 21.9 Å². The molecule has 0 unspecified atom stereocenters. The number of para-hydroxylation sites is 1. The van der Waals surface area contributed by atoms with E-state index in [-0.39, 0.29) is 30.3 Å². The summed E-state index contributed by atoms with van der Waals surface area (Å²) in [5.74, 6) is -0.497. The molecule has 0 spiro atoms. The number of nitrogens with zero attached hydrogens (tertiary/aromatic N) is 2. The molecule has 0 radical (unpaired) electrons. The Kier molecular flexibility index (Phi) is 8.63. The number of aryl methyl sites for hydroxylation is 1. The van der Waals surface area contributed by atoms with Crippen molar-refractivity contribution in [1.29, 1.82) is 0 Å². The first-order chi connectivity index (χ1) is 15.7. The number of carbonyl (C=O) groups excluding carboxylic acids is 2. The van der Waals surface area contributed by atoms with Crippen LogP contribution in [0.1, 0.15) is 29.9 Å². The molecule has 1 heterocycles. The third-order valence-corrected chi connectivity index (χ3v) is 6.95. The molecule has 174 valence electrons. The number of benzene rings is 2. The largest absolute Gasteiger partial charge is 0.332 e. The van der Waals surface area contributed by atoms with Crippen molar-refractivity contribution in [2.24, 2.45) is 0 Å². The summed E-state index contributed by atoms with van der Waals surface area (Å²) in [6.45, 7) is 6.45. The van der Waals surface area contributed by atoms with Crippen molar-refractivity contribution in [3.8, 4) is 0 Å². The van der Waals surface area contributed by atoms with Gasteiger partial charge in [-0.1, -0.05) is 24.3 Å². The Balaban J connectivity index is 1.78. The number of hydrogen-bond donors (Lipinski definition) is 1. The Morgan fingerprint density at radius 3 is 2.36 bits per heavy atom. The summed E-state index contributed by atoms with van der Waals surface area (Å²) in [5, 5.41) is 4.87. The molecule has 0 saturated carbocycles. The van der Waals surface area contributed by atoms with Crippen LogP contribution in [0.15, 0.2) is 64.5 Å². The van der Waals surface area contributed by atoms with Gasteiger partial charge in [0.05, 0.1) is 12.2 Å². The van der Waals surface area contributed by atoms with Crippen LogP contribution in [-0.4, -0.2) is 34.3 Å². The van der Waals surface area contributed by atoms with Gasteiger partial charge in [-0.15, -0.1) is 11.3 Å². The fourth-order valence-electron chi connectivity index (χ4n) is 3.27. The number of amides is 3. The maximum atomic E-state index is 13.4. The summed E-state index contributed by atoms with van der Waals surface area (Å²) in [6, 6.07) is 14.9. The van der Waals surface area contributed by atoms with E-state index in [1.54, 1.807) is 34.4 Å². The van der Waals surface area contributed by atoms with Gasteiger partial charge in [-0.3, -0.25) is 4.79 Å². The molecule has 3 rings (SSSR count). The van der Waals surface area contributed by atoms with Crippen LogP contribution >= 0.6 is 27.3 Å². The van der Waals surface area contributed by atoms with E-state index in [0.29, 0.717) is 18.8 Å². The van der Waals surface area contributed by atoms with Crippen LogP contribution in [0.25, 0.3) is 0 Å². The molecule has 1 N–H and O–H groups in total. The van der Waals surface area contributed by atoms with E-state index in [4.69, 9.17) is 0 Å². The topological polar surface area (TPSA) is 52.7 Å². The molecule has 0 atom stereocenters. The second-order valence-corrected chi connectivity index (χ2v) is 9.89. The van der Waals surface area contributed by atoms with Gasteiger partial charge in [0.1, 0.15) is 12.4 Å². The molecule has 33 heavy (non-hydrogen) atoms. The van der Waals surface area contributed by atoms with Crippen LogP contribution in [0.4, 0.5) is 14.9 Å². The zero-order chi connectivity index (χ0) is 24.0. The lowest BCUT2D eigenvalue weighted by Crippen LogP contribution is -2.47. The molecule has 8 heteroatoms. The summed E-state index contributed by atoms with van der Waals surface area (Å²) in [4.78, 5) is 30.7. The van der Waals surface area contributed by atoms with E-state index in [1.165, 1.54) is 17.0 Å². The third-order valence-electron chi connectivity index (χ3n) is 5.25. The van der Waals surface area contributed by atoms with Crippen molar-refractivity contribution in [2.75, 3.05) is 11.9 Å². The predicted molar refractivity (Wildman–Crippen MR) is 135 cm³/mol. The van der Waals surface area contributed by atoms with E-state index in [1.807, 2.05) is 50.4 Å². The van der Waals surface area contributed by atoms with Crippen molar-refractivity contribution in [2.45, 2.75) is 39.9 Å². The number of hydrogen-bond acceptors (Lipinski definition) is 3. The predicted octanol–water partition coefficient (Wildman–Crippen LogP) is 6.43. The zero-order valence-corrected chi connectivity index (χ0v) is 21.2. The number of urea groups is 1. The van der Waals surface area contributed by atoms with Crippen LogP contribution in [0.2, 0.25) is 0 Å². The lowest BCUT2D eigenvalue weighted by atomic mass is 10.2. The van der Waals surface area contributed by atoms with Crippen LogP contribution < -0.4 is 5.32 Å². The van der Waals surface area contributed by atoms with E-state index >= 15 is 0 Å². The van der Waals surface area contributed by atoms with Crippen molar-refractivity contribution in [1.82, 2.24) is 9.80 Å². The highest BCUT2D eigenvalue weighted by Crippen LogP contribution is 2.23. The van der Waals surface area contributed by atoms with Gasteiger partial charge >= 0.3 is 6.03 Å². The summed E-state index contributed by atoms with van der Waals surface area (Å²) < 4.78 is 14.1. The number of anilines is 1. The summed E-state index contributed by atoms with van der Waals surface area (Å²) >= 11 is 5.02. The Morgan fingerprint density at radius 2 is 1.76 bits per heavy atom. The maximum Gasteiger partial charge on any atom is 0.322 e. The standard InChI is InChI=1S/C25H27BrFN3O2S/c1-17(2)30(25(32)28-22-7-5-4-6-21(22)26)16-24(31)29(15-23-18(3)12-13-33-23)14-19-8-10-20(27)11-9-19/h4-13,17H,14-16H2,1-3H3,(H,28,32). The highest BCUT2D eigenvalue weighted by atomic mass is 79.9. The number of thiophene rings is 1. The normalized spacial score (nSPS) is 10.8. The molecule has 3 amide bonds. The minimum Gasteiger partial charge on any atom is -0.332 e. The molecular formula is C25H27BrFN3O2S. The van der Waals surface area contributed by atoms with E-state index < -0.39 is 0 Å². The monoisotopic (exact) mass is 531 g/mol. The fourth-order valence-corrected chi connectivity index (χ4v) is 4.57. The minimum absolute atomic E-state index is 0.0699. The van der Waals surface area contributed by atoms with Gasteiger partial charge in [0.15, 0.2) is 0 Å². The zero-order valence-electron chi connectivity index (χ0n) is 18.8. The molecule has 2 aromatic carbocycles. The number of carbonyl (C=O) groups is 2. The van der Waals surface area contributed by atoms with Crippen molar-refractivity contribution < 1.29 is 14.0 Å². The lowest BCUT2D eigenvalue weighted by Gasteiger charge is -2.30. The third kappa shape index (κ3) is 6.88. The molecule has 0 fully saturated rings. The van der Waals surface area contributed by atoms with Crippen molar-refractivity contribution in [3.63, 3.8) is 0 Å². The Labute approximate surface area is 206 Å². The molecule has 0 aliphatic heterocycles. The average Bonchev–Trinajstić information content (AvgIpc) is 3.18. The van der Waals surface area contributed by atoms with Gasteiger partial charge in [-0.25, -0.2) is 9.18 Å². The van der Waals surface area contributed by atoms with Crippen molar-refractivity contribution >= 4 is 44.9 Å². The Hall–Kier alpha value is -2.71. The highest BCUT2D eigenvalue weighted by Gasteiger charge is 2.25. The molecular weight excluding hydrogens is 505 g/mol. The minimum atomic E-state index is -0.348. The van der Waals surface area contributed by atoms with Crippen LogP contribution in [-0.2, 0) is 17.9 Å². The first-order valence-electron chi connectivity index (χ1n) is 10.6. The first kappa shape index (κ1) is 24.9. The molecule has 5 nitrogen and oxygen atoms in total. The maximum absolute atomic E-state index is 13.4. The highest BCUT2D eigenvalue weighted by molar-refractivity contribution is 9.10. The second-order valence-electron chi connectivity index (χ2n) is 8.03. The van der Waals surface area contributed by atoms with Gasteiger partial charge in [0.25, 0.3) is 0 Å². The summed E-state index contributed by atoms with van der Waals surface area (Å²) in [6.07, 6.45) is 0. The van der Waals surface area contributed by atoms with E-state index in [2.05, 4.69) is 21.2 Å². The average molecular weight is 532 g/mol. The number of rotatable bonds is 8. The quantitative estimate of drug-likeness (QED) is 0.364.